The number of hydrogen-bond acceptors (Lipinski definition) is 5. The van der Waals surface area contributed by atoms with Gasteiger partial charge in [0.25, 0.3) is 0 Å². The van der Waals surface area contributed by atoms with E-state index < -0.39 is 0 Å². The SMILES string of the molecule is [B]c1c([B])c([B])c2c(oc3c2c([B])c([B])c2c3c3c([B])c([B])c([B])c([B])c3n2-c2cccc3oc4cc(-c5nc(-c6ccccc6)nc(-c6cccc(-c7ccccc7)c6)n5)ccc4c23)c1[B]. The Balaban J connectivity index is 1.11. The summed E-state index contributed by atoms with van der Waals surface area (Å²) in [5, 5.41) is 3.03. The van der Waals surface area contributed by atoms with E-state index >= 15 is 0 Å². The van der Waals surface area contributed by atoms with Crippen molar-refractivity contribution < 1.29 is 8.83 Å². The van der Waals surface area contributed by atoms with Crippen molar-refractivity contribution in [2.45, 2.75) is 0 Å². The van der Waals surface area contributed by atoms with Crippen molar-refractivity contribution >= 4 is 199 Å². The zero-order valence-corrected chi connectivity index (χ0v) is 35.4. The molecule has 67 heavy (non-hydrogen) atoms. The van der Waals surface area contributed by atoms with Crippen LogP contribution in [0.1, 0.15) is 0 Å². The molecule has 0 aliphatic carbocycles. The van der Waals surface area contributed by atoms with E-state index in [1.807, 2.05) is 102 Å². The molecule has 20 radical (unpaired) electrons. The summed E-state index contributed by atoms with van der Waals surface area (Å²) in [5.74, 6) is 1.50. The largest absolute Gasteiger partial charge is 0.456 e. The standard InChI is InChI=1S/C51H20B10N4O2/c52-35-31-34-46(42(59)37(54)32-33-36(53)39(56)41(58)44(61)48(33)67-47(32)34)65(45(31)43(60)40(57)38(35)55)27-15-8-16-28-30(27)26-18-17-25(20-29(26)66-28)51-63-49(22-11-5-2-6-12-22)62-50(64-51)24-14-7-13-23(19-24)21-9-3-1-4-10-21/h1-20H. The molecule has 0 fully saturated rings. The lowest BCUT2D eigenvalue weighted by Crippen LogP contribution is -2.48. The highest BCUT2D eigenvalue weighted by Gasteiger charge is 2.28. The summed E-state index contributed by atoms with van der Waals surface area (Å²) < 4.78 is 15.1. The summed E-state index contributed by atoms with van der Waals surface area (Å²) in [6, 6.07) is 39.6. The fraction of sp³-hybridized carbons (Fsp3) is 0. The Bertz CT molecular complexity index is 4110. The zero-order valence-electron chi connectivity index (χ0n) is 35.4. The number of aromatic nitrogens is 4. The third-order valence-electron chi connectivity index (χ3n) is 12.8. The molecule has 0 saturated heterocycles. The fourth-order valence-corrected chi connectivity index (χ4v) is 9.43. The van der Waals surface area contributed by atoms with Crippen LogP contribution in [-0.2, 0) is 0 Å². The molecule has 0 saturated carbocycles. The van der Waals surface area contributed by atoms with Gasteiger partial charge in [-0.15, -0.1) is 21.9 Å². The smallest absolute Gasteiger partial charge is 0.164 e. The van der Waals surface area contributed by atoms with Gasteiger partial charge in [0.05, 0.1) is 16.6 Å². The molecule has 0 bridgehead atoms. The summed E-state index contributed by atoms with van der Waals surface area (Å²) in [5.41, 5.74) is 8.57. The second kappa shape index (κ2) is 15.2. The number of nitrogens with zero attached hydrogens (tertiary/aromatic N) is 4. The number of fused-ring (bicyclic) bond motifs is 10. The van der Waals surface area contributed by atoms with Crippen LogP contribution in [0.4, 0.5) is 0 Å². The van der Waals surface area contributed by atoms with Gasteiger partial charge in [0.15, 0.2) is 17.5 Å². The number of benzene rings is 8. The van der Waals surface area contributed by atoms with Crippen LogP contribution in [0, 0.1) is 0 Å². The predicted octanol–water partition coefficient (Wildman–Crippen LogP) is 1.37. The zero-order chi connectivity index (χ0) is 46.2. The topological polar surface area (TPSA) is 69.9 Å². The van der Waals surface area contributed by atoms with Gasteiger partial charge >= 0.3 is 0 Å². The Labute approximate surface area is 397 Å². The Morgan fingerprint density at radius 3 is 1.54 bits per heavy atom. The summed E-state index contributed by atoms with van der Waals surface area (Å²) in [6.07, 6.45) is 0. The molecule has 4 aromatic heterocycles. The molecule has 6 nitrogen and oxygen atoms in total. The Hall–Kier alpha value is -7.18. The first kappa shape index (κ1) is 41.3. The minimum atomic E-state index is 0.0675. The first-order valence-corrected chi connectivity index (χ1v) is 21.1. The third kappa shape index (κ3) is 6.01. The van der Waals surface area contributed by atoms with Crippen molar-refractivity contribution in [3.05, 3.63) is 121 Å². The van der Waals surface area contributed by atoms with Crippen LogP contribution in [-0.4, -0.2) is 98.0 Å². The lowest BCUT2D eigenvalue weighted by atomic mass is 9.64. The lowest BCUT2D eigenvalue weighted by molar-refractivity contribution is 0.669. The molecule has 0 amide bonds. The number of furan rings is 2. The molecule has 0 unspecified atom stereocenters. The monoisotopic (exact) mass is 830 g/mol. The van der Waals surface area contributed by atoms with Crippen LogP contribution in [0.5, 0.6) is 0 Å². The van der Waals surface area contributed by atoms with E-state index in [1.54, 1.807) is 0 Å². The van der Waals surface area contributed by atoms with E-state index in [-0.39, 0.29) is 65.8 Å². The normalized spacial score (nSPS) is 11.9. The molecule has 16 heteroatoms. The first-order chi connectivity index (χ1) is 32.4. The van der Waals surface area contributed by atoms with Gasteiger partial charge in [-0.25, -0.2) is 15.0 Å². The third-order valence-corrected chi connectivity index (χ3v) is 12.8. The van der Waals surface area contributed by atoms with Gasteiger partial charge in [0.1, 0.15) is 101 Å². The number of rotatable bonds is 5. The minimum absolute atomic E-state index is 0.0675. The van der Waals surface area contributed by atoms with Crippen LogP contribution in [0.2, 0.25) is 0 Å². The van der Waals surface area contributed by atoms with Gasteiger partial charge in [-0.2, -0.15) is 0 Å². The van der Waals surface area contributed by atoms with Gasteiger partial charge in [0, 0.05) is 49.1 Å². The van der Waals surface area contributed by atoms with Gasteiger partial charge in [-0.3, -0.25) is 0 Å². The average molecular weight is 829 g/mol. The van der Waals surface area contributed by atoms with Crippen LogP contribution in [0.25, 0.3) is 117 Å². The molecular formula is C51H20B10N4O2. The maximum absolute atomic E-state index is 7.13. The van der Waals surface area contributed by atoms with E-state index in [2.05, 4.69) is 24.3 Å². The highest BCUT2D eigenvalue weighted by molar-refractivity contribution is 6.71. The molecule has 4 heterocycles. The van der Waals surface area contributed by atoms with Crippen molar-refractivity contribution in [2.75, 3.05) is 0 Å². The van der Waals surface area contributed by atoms with Crippen LogP contribution >= 0.6 is 0 Å². The van der Waals surface area contributed by atoms with E-state index in [1.165, 1.54) is 0 Å². The van der Waals surface area contributed by atoms with Crippen molar-refractivity contribution in [1.82, 2.24) is 19.5 Å². The highest BCUT2D eigenvalue weighted by atomic mass is 16.3. The second-order valence-corrected chi connectivity index (χ2v) is 16.5. The molecule has 0 aliphatic heterocycles. The second-order valence-electron chi connectivity index (χ2n) is 16.5. The van der Waals surface area contributed by atoms with Crippen molar-refractivity contribution in [3.63, 3.8) is 0 Å². The Morgan fingerprint density at radius 1 is 0.328 bits per heavy atom. The quantitative estimate of drug-likeness (QED) is 0.246. The van der Waals surface area contributed by atoms with Gasteiger partial charge in [-0.1, -0.05) is 124 Å². The summed E-state index contributed by atoms with van der Waals surface area (Å²) in [4.78, 5) is 15.0. The summed E-state index contributed by atoms with van der Waals surface area (Å²) >= 11 is 0. The van der Waals surface area contributed by atoms with E-state index in [9.17, 15) is 0 Å². The van der Waals surface area contributed by atoms with Crippen molar-refractivity contribution in [1.29, 1.82) is 0 Å². The Kier molecular flexibility index (Phi) is 9.35. The maximum Gasteiger partial charge on any atom is 0.164 e. The Morgan fingerprint density at radius 2 is 0.836 bits per heavy atom. The first-order valence-electron chi connectivity index (χ1n) is 21.1. The molecule has 0 atom stereocenters. The van der Waals surface area contributed by atoms with Crippen molar-refractivity contribution in [3.8, 4) is 51.0 Å². The summed E-state index contributed by atoms with van der Waals surface area (Å²) in [6.45, 7) is 0. The highest BCUT2D eigenvalue weighted by Crippen LogP contribution is 2.41. The molecule has 0 aliphatic rings. The van der Waals surface area contributed by atoms with E-state index in [0.717, 1.165) is 27.6 Å². The molecule has 8 aromatic carbocycles. The predicted molar refractivity (Wildman–Crippen MR) is 284 cm³/mol. The molecule has 12 aromatic rings. The van der Waals surface area contributed by atoms with Crippen molar-refractivity contribution in [2.24, 2.45) is 0 Å². The van der Waals surface area contributed by atoms with Crippen LogP contribution in [0.15, 0.2) is 130 Å². The number of hydrogen-bond donors (Lipinski definition) is 0. The molecule has 12 rings (SSSR count). The molecule has 0 spiro atoms. The maximum atomic E-state index is 7.13. The molecule has 0 N–H and O–H groups in total. The van der Waals surface area contributed by atoms with Gasteiger partial charge in [-0.05, 0) is 41.5 Å². The lowest BCUT2D eigenvalue weighted by Gasteiger charge is -2.17. The minimum Gasteiger partial charge on any atom is -0.456 e. The molecule has 286 valence electrons. The van der Waals surface area contributed by atoms with Gasteiger partial charge < -0.3 is 13.4 Å². The fourth-order valence-electron chi connectivity index (χ4n) is 9.43. The van der Waals surface area contributed by atoms with Crippen LogP contribution in [0.3, 0.4) is 0 Å². The van der Waals surface area contributed by atoms with Crippen LogP contribution < -0.4 is 54.6 Å². The molecular weight excluding hydrogens is 809 g/mol. The van der Waals surface area contributed by atoms with E-state index in [4.69, 9.17) is 102 Å². The average Bonchev–Trinajstić information content (AvgIpc) is 4.07. The van der Waals surface area contributed by atoms with E-state index in [0.29, 0.717) is 77.9 Å². The summed E-state index contributed by atoms with van der Waals surface area (Å²) in [7, 11) is 66.8. The van der Waals surface area contributed by atoms with Gasteiger partial charge in [0.2, 0.25) is 0 Å².